The van der Waals surface area contributed by atoms with Gasteiger partial charge < -0.3 is 29.1 Å². The molecule has 2 amide bonds. The molecule has 9 heteroatoms. The molecule has 1 unspecified atom stereocenters. The summed E-state index contributed by atoms with van der Waals surface area (Å²) in [5.41, 5.74) is -0.685. The first-order chi connectivity index (χ1) is 16.5. The van der Waals surface area contributed by atoms with Gasteiger partial charge in [-0.15, -0.1) is 0 Å². The van der Waals surface area contributed by atoms with Gasteiger partial charge >= 0.3 is 5.97 Å². The van der Waals surface area contributed by atoms with Crippen molar-refractivity contribution in [3.63, 3.8) is 0 Å². The molecule has 4 aliphatic heterocycles. The second-order valence-corrected chi connectivity index (χ2v) is 8.88. The van der Waals surface area contributed by atoms with Crippen molar-refractivity contribution in [3.05, 3.63) is 48.6 Å². The monoisotopic (exact) mass is 468 g/mol. The molecule has 5 rings (SSSR count). The van der Waals surface area contributed by atoms with Crippen LogP contribution < -0.4 is 9.64 Å². The summed E-state index contributed by atoms with van der Waals surface area (Å²) in [7, 11) is 1.57. The number of aliphatic hydroxyl groups is 1. The maximum absolute atomic E-state index is 14.0. The van der Waals surface area contributed by atoms with Crippen LogP contribution in [0, 0.1) is 11.8 Å². The lowest BCUT2D eigenvalue weighted by atomic mass is 9.78. The number of likely N-dealkylation sites (tertiary alicyclic amines) is 1. The number of fused-ring (bicyclic) bond motifs is 2. The van der Waals surface area contributed by atoms with Crippen LogP contribution >= 0.6 is 0 Å². The maximum Gasteiger partial charge on any atom is 0.312 e. The first-order valence-corrected chi connectivity index (χ1v) is 11.6. The minimum Gasteiger partial charge on any atom is -0.497 e. The zero-order chi connectivity index (χ0) is 23.9. The largest absolute Gasteiger partial charge is 0.497 e. The number of esters is 1. The van der Waals surface area contributed by atoms with E-state index < -0.39 is 35.6 Å². The van der Waals surface area contributed by atoms with Gasteiger partial charge in [0, 0.05) is 18.8 Å². The van der Waals surface area contributed by atoms with Gasteiger partial charge in [-0.1, -0.05) is 24.3 Å². The molecule has 0 aliphatic carbocycles. The Morgan fingerprint density at radius 2 is 1.94 bits per heavy atom. The normalized spacial score (nSPS) is 33.8. The van der Waals surface area contributed by atoms with Gasteiger partial charge in [0.2, 0.25) is 5.91 Å². The summed E-state index contributed by atoms with van der Waals surface area (Å²) >= 11 is 0. The van der Waals surface area contributed by atoms with E-state index in [4.69, 9.17) is 14.2 Å². The molecule has 1 N–H and O–H groups in total. The Balaban J connectivity index is 1.58. The van der Waals surface area contributed by atoms with Crippen LogP contribution in [-0.4, -0.2) is 79.0 Å². The fourth-order valence-electron chi connectivity index (χ4n) is 5.60. The first kappa shape index (κ1) is 22.6. The predicted molar refractivity (Wildman–Crippen MR) is 121 cm³/mol. The Morgan fingerprint density at radius 1 is 1.15 bits per heavy atom. The van der Waals surface area contributed by atoms with E-state index in [1.54, 1.807) is 42.4 Å². The number of benzene rings is 1. The van der Waals surface area contributed by atoms with E-state index in [2.05, 4.69) is 0 Å². The lowest BCUT2D eigenvalue weighted by Crippen LogP contribution is -2.55. The smallest absolute Gasteiger partial charge is 0.312 e. The molecule has 0 aromatic heterocycles. The van der Waals surface area contributed by atoms with Crippen LogP contribution in [0.5, 0.6) is 5.75 Å². The molecule has 1 aromatic carbocycles. The van der Waals surface area contributed by atoms with E-state index in [9.17, 15) is 19.5 Å². The highest BCUT2D eigenvalue weighted by molar-refractivity contribution is 6.05. The molecule has 1 spiro atoms. The van der Waals surface area contributed by atoms with Crippen LogP contribution in [0.1, 0.15) is 12.8 Å². The number of nitrogens with zero attached hydrogens (tertiary/aromatic N) is 2. The fourth-order valence-corrected chi connectivity index (χ4v) is 5.60. The van der Waals surface area contributed by atoms with Crippen molar-refractivity contribution in [2.75, 3.05) is 38.3 Å². The number of carbonyl (C=O) groups excluding carboxylic acids is 3. The van der Waals surface area contributed by atoms with Gasteiger partial charge in [0.05, 0.1) is 32.3 Å². The van der Waals surface area contributed by atoms with Crippen LogP contribution in [0.2, 0.25) is 0 Å². The van der Waals surface area contributed by atoms with E-state index in [-0.39, 0.29) is 38.1 Å². The third-order valence-corrected chi connectivity index (χ3v) is 7.08. The van der Waals surface area contributed by atoms with Crippen molar-refractivity contribution in [2.24, 2.45) is 11.8 Å². The molecule has 0 bridgehead atoms. The number of rotatable bonds is 4. The summed E-state index contributed by atoms with van der Waals surface area (Å²) in [6.45, 7) is 0.187. The van der Waals surface area contributed by atoms with E-state index in [0.717, 1.165) is 6.42 Å². The number of hydrogen-bond donors (Lipinski definition) is 1. The van der Waals surface area contributed by atoms with Crippen LogP contribution in [0.15, 0.2) is 48.6 Å². The number of aliphatic hydroxyl groups excluding tert-OH is 1. The van der Waals surface area contributed by atoms with Crippen LogP contribution in [-0.2, 0) is 23.9 Å². The molecule has 0 saturated carbocycles. The lowest BCUT2D eigenvalue weighted by Gasteiger charge is -2.35. The number of amides is 2. The Labute approximate surface area is 197 Å². The van der Waals surface area contributed by atoms with Crippen LogP contribution in [0.25, 0.3) is 0 Å². The molecule has 4 aliphatic rings. The molecular weight excluding hydrogens is 440 g/mol. The molecule has 5 atom stereocenters. The molecule has 34 heavy (non-hydrogen) atoms. The first-order valence-electron chi connectivity index (χ1n) is 11.6. The summed E-state index contributed by atoms with van der Waals surface area (Å²) < 4.78 is 17.2. The number of carbonyl (C=O) groups is 3. The number of ether oxygens (including phenoxy) is 3. The highest BCUT2D eigenvalue weighted by atomic mass is 16.6. The van der Waals surface area contributed by atoms with Crippen molar-refractivity contribution in [2.45, 2.75) is 30.6 Å². The Morgan fingerprint density at radius 3 is 2.68 bits per heavy atom. The summed E-state index contributed by atoms with van der Waals surface area (Å²) in [6, 6.07) is 6.06. The predicted octanol–water partition coefficient (Wildman–Crippen LogP) is 1.06. The van der Waals surface area contributed by atoms with Crippen molar-refractivity contribution < 1.29 is 33.7 Å². The number of allylic oxidation sites excluding steroid dienone is 1. The van der Waals surface area contributed by atoms with E-state index >= 15 is 0 Å². The van der Waals surface area contributed by atoms with Gasteiger partial charge in [-0.25, -0.2) is 0 Å². The van der Waals surface area contributed by atoms with Gasteiger partial charge in [-0.2, -0.15) is 0 Å². The summed E-state index contributed by atoms with van der Waals surface area (Å²) in [5, 5.41) is 9.70. The average molecular weight is 469 g/mol. The SMILES string of the molecule is COc1ccc(N2CC=C[C@]34O[C@@H]5/C=C\CCCOC(=O)[C@@H]5[C@H]3C(=O)N(CCO)C4C2=O)cc1. The van der Waals surface area contributed by atoms with E-state index in [1.165, 1.54) is 4.90 Å². The van der Waals surface area contributed by atoms with Crippen LogP contribution in [0.3, 0.4) is 0 Å². The Kier molecular flexibility index (Phi) is 5.91. The van der Waals surface area contributed by atoms with Gasteiger partial charge in [-0.05, 0) is 37.1 Å². The second kappa shape index (κ2) is 8.88. The fraction of sp³-hybridized carbons (Fsp3) is 0.480. The van der Waals surface area contributed by atoms with Crippen molar-refractivity contribution in [1.29, 1.82) is 0 Å². The second-order valence-electron chi connectivity index (χ2n) is 8.88. The van der Waals surface area contributed by atoms with Crippen molar-refractivity contribution in [3.8, 4) is 5.75 Å². The molecule has 1 aromatic rings. The highest BCUT2D eigenvalue weighted by Crippen LogP contribution is 2.53. The molecule has 2 saturated heterocycles. The van der Waals surface area contributed by atoms with Gasteiger partial charge in [0.15, 0.2) is 0 Å². The van der Waals surface area contributed by atoms with Gasteiger partial charge in [0.25, 0.3) is 5.91 Å². The quantitative estimate of drug-likeness (QED) is 0.520. The van der Waals surface area contributed by atoms with E-state index in [0.29, 0.717) is 17.9 Å². The lowest BCUT2D eigenvalue weighted by molar-refractivity contribution is -0.154. The number of methoxy groups -OCH3 is 1. The number of hydrogen-bond acceptors (Lipinski definition) is 7. The van der Waals surface area contributed by atoms with E-state index in [1.807, 2.05) is 18.2 Å². The molecule has 0 radical (unpaired) electrons. The zero-order valence-corrected chi connectivity index (χ0v) is 19.0. The Hall–Kier alpha value is -3.17. The number of anilines is 1. The van der Waals surface area contributed by atoms with Crippen LogP contribution in [0.4, 0.5) is 5.69 Å². The highest BCUT2D eigenvalue weighted by Gasteiger charge is 2.71. The van der Waals surface area contributed by atoms with Crippen molar-refractivity contribution >= 4 is 23.5 Å². The molecular formula is C25H28N2O7. The number of β-amino-alcohol motifs (C(OH)–C–C–N with tert-alkyl or cyclic N) is 1. The summed E-state index contributed by atoms with van der Waals surface area (Å²) in [4.78, 5) is 43.7. The third kappa shape index (κ3) is 3.42. The third-order valence-electron chi connectivity index (χ3n) is 7.08. The topological polar surface area (TPSA) is 106 Å². The summed E-state index contributed by atoms with van der Waals surface area (Å²) in [6.07, 6.45) is 8.07. The maximum atomic E-state index is 14.0. The molecule has 9 nitrogen and oxygen atoms in total. The number of cyclic esters (lactones) is 1. The molecule has 2 fully saturated rings. The minimum absolute atomic E-state index is 0.0383. The molecule has 4 heterocycles. The standard InChI is InChI=1S/C25H28N2O7/c1-32-17-9-7-16(8-10-17)26-12-5-11-25-20(22(29)27(13-14-28)21(25)23(26)30)19-18(34-25)6-3-2-4-15-33-24(19)31/h3,5-11,18-21,28H,2,4,12-15H2,1H3/b6-3-/t18-,19+,20+,21?,25+/m1/s1. The zero-order valence-electron chi connectivity index (χ0n) is 19.0. The van der Waals surface area contributed by atoms with Crippen molar-refractivity contribution in [1.82, 2.24) is 4.90 Å². The molecule has 180 valence electrons. The van der Waals surface area contributed by atoms with Gasteiger partial charge in [0.1, 0.15) is 23.3 Å². The van der Waals surface area contributed by atoms with Gasteiger partial charge in [-0.3, -0.25) is 14.4 Å². The average Bonchev–Trinajstić information content (AvgIpc) is 3.24. The summed E-state index contributed by atoms with van der Waals surface area (Å²) in [5.74, 6) is -2.33. The Bertz CT molecular complexity index is 1040. The minimum atomic E-state index is -1.33.